The van der Waals surface area contributed by atoms with Crippen molar-refractivity contribution in [2.45, 2.75) is 37.6 Å². The summed E-state index contributed by atoms with van der Waals surface area (Å²) in [6.07, 6.45) is 7.66. The lowest BCUT2D eigenvalue weighted by Crippen LogP contribution is -2.36. The van der Waals surface area contributed by atoms with Crippen LogP contribution in [0.5, 0.6) is 0 Å². The first-order valence-electron chi connectivity index (χ1n) is 11.1. The van der Waals surface area contributed by atoms with E-state index in [2.05, 4.69) is 83.6 Å². The predicted molar refractivity (Wildman–Crippen MR) is 127 cm³/mol. The maximum absolute atomic E-state index is 10.7. The van der Waals surface area contributed by atoms with Crippen molar-refractivity contribution in [3.8, 4) is 0 Å². The Hall–Kier alpha value is -3.66. The van der Waals surface area contributed by atoms with E-state index in [-0.39, 0.29) is 6.42 Å². The minimum absolute atomic E-state index is 0.230. The fourth-order valence-corrected chi connectivity index (χ4v) is 4.42. The largest absolute Gasteiger partial charge is 0.481 e. The van der Waals surface area contributed by atoms with Gasteiger partial charge in [-0.2, -0.15) is 0 Å². The Morgan fingerprint density at radius 3 is 1.72 bits per heavy atom. The van der Waals surface area contributed by atoms with Gasteiger partial charge < -0.3 is 9.67 Å². The lowest BCUT2D eigenvalue weighted by molar-refractivity contribution is -0.137. The van der Waals surface area contributed by atoms with Crippen molar-refractivity contribution in [1.29, 1.82) is 0 Å². The normalized spacial score (nSPS) is 11.4. The summed E-state index contributed by atoms with van der Waals surface area (Å²) in [4.78, 5) is 15.5. The van der Waals surface area contributed by atoms with Crippen molar-refractivity contribution < 1.29 is 9.90 Å². The average molecular weight is 425 g/mol. The van der Waals surface area contributed by atoms with Crippen LogP contribution in [0.1, 0.15) is 48.1 Å². The number of nitrogens with zero attached hydrogens (tertiary/aromatic N) is 2. The fraction of sp³-hybridized carbons (Fsp3) is 0.214. The molecule has 3 aromatic carbocycles. The second kappa shape index (κ2) is 10.1. The molecule has 1 aromatic heterocycles. The number of carbonyl (C=O) groups is 1. The van der Waals surface area contributed by atoms with E-state index in [0.717, 1.165) is 25.0 Å². The minimum Gasteiger partial charge on any atom is -0.481 e. The number of imidazole rings is 1. The number of hydrogen-bond acceptors (Lipinski definition) is 2. The van der Waals surface area contributed by atoms with Gasteiger partial charge in [0, 0.05) is 12.6 Å². The highest BCUT2D eigenvalue weighted by molar-refractivity contribution is 5.66. The van der Waals surface area contributed by atoms with E-state index in [1.807, 2.05) is 24.5 Å². The second-order valence-corrected chi connectivity index (χ2v) is 8.04. The summed E-state index contributed by atoms with van der Waals surface area (Å²) in [6.45, 7) is 0. The molecule has 0 saturated carbocycles. The molecule has 1 N–H and O–H groups in total. The number of aryl methyl sites for hydroxylation is 1. The van der Waals surface area contributed by atoms with Crippen molar-refractivity contribution in [3.05, 3.63) is 126 Å². The quantitative estimate of drug-likeness (QED) is 0.254. The zero-order valence-corrected chi connectivity index (χ0v) is 18.1. The first-order valence-corrected chi connectivity index (χ1v) is 11.1. The summed E-state index contributed by atoms with van der Waals surface area (Å²) in [6, 6.07) is 31.6. The molecule has 4 heteroatoms. The molecule has 4 nitrogen and oxygen atoms in total. The first-order chi connectivity index (χ1) is 15.7. The number of rotatable bonds is 10. The number of benzene rings is 3. The predicted octanol–water partition coefficient (Wildman–Crippen LogP) is 5.91. The van der Waals surface area contributed by atoms with Crippen LogP contribution < -0.4 is 0 Å². The SMILES string of the molecule is O=C(O)CCCCCc1cn(C(c2ccccc2)(c2ccccc2)c2ccccc2)cn1. The molecule has 32 heavy (non-hydrogen) atoms. The van der Waals surface area contributed by atoms with Gasteiger partial charge in [0.1, 0.15) is 5.54 Å². The van der Waals surface area contributed by atoms with Gasteiger partial charge in [-0.1, -0.05) is 97.4 Å². The Kier molecular flexibility index (Phi) is 6.81. The number of unbranched alkanes of at least 4 members (excludes halogenated alkanes) is 2. The fourth-order valence-electron chi connectivity index (χ4n) is 4.42. The van der Waals surface area contributed by atoms with Crippen LogP contribution in [0.15, 0.2) is 104 Å². The Morgan fingerprint density at radius 1 is 0.750 bits per heavy atom. The summed E-state index contributed by atoms with van der Waals surface area (Å²) in [5.41, 5.74) is 3.99. The van der Waals surface area contributed by atoms with Crippen LogP contribution in [-0.2, 0) is 16.8 Å². The monoisotopic (exact) mass is 424 g/mol. The summed E-state index contributed by atoms with van der Waals surface area (Å²) in [5.74, 6) is -0.729. The molecular formula is C28H28N2O2. The maximum atomic E-state index is 10.7. The second-order valence-electron chi connectivity index (χ2n) is 8.04. The van der Waals surface area contributed by atoms with Crippen molar-refractivity contribution >= 4 is 5.97 Å². The number of carboxylic acids is 1. The zero-order chi connectivity index (χ0) is 22.2. The standard InChI is InChI=1S/C28H28N2O2/c31-27(32)20-12-4-11-19-26-21-30(22-29-26)28(23-13-5-1-6-14-23,24-15-7-2-8-16-24)25-17-9-3-10-18-25/h1-3,5-10,13-18,21-22H,4,11-12,19-20H2,(H,31,32). The molecule has 0 fully saturated rings. The third-order valence-electron chi connectivity index (χ3n) is 5.92. The van der Waals surface area contributed by atoms with Crippen LogP contribution >= 0.6 is 0 Å². The van der Waals surface area contributed by atoms with Gasteiger partial charge >= 0.3 is 5.97 Å². The smallest absolute Gasteiger partial charge is 0.303 e. The molecule has 0 atom stereocenters. The van der Waals surface area contributed by atoms with Crippen LogP contribution in [0.2, 0.25) is 0 Å². The molecule has 4 aromatic rings. The highest BCUT2D eigenvalue weighted by Gasteiger charge is 2.38. The number of carboxylic acid groups (broad SMARTS) is 1. The lowest BCUT2D eigenvalue weighted by Gasteiger charge is -2.37. The van der Waals surface area contributed by atoms with Crippen molar-refractivity contribution in [2.75, 3.05) is 0 Å². The van der Waals surface area contributed by atoms with Crippen LogP contribution in [0, 0.1) is 0 Å². The van der Waals surface area contributed by atoms with Crippen LogP contribution in [0.3, 0.4) is 0 Å². The Balaban J connectivity index is 1.76. The molecule has 0 aliphatic rings. The van der Waals surface area contributed by atoms with E-state index in [1.54, 1.807) is 0 Å². The third kappa shape index (κ3) is 4.50. The lowest BCUT2D eigenvalue weighted by atomic mass is 9.77. The molecule has 4 rings (SSSR count). The van der Waals surface area contributed by atoms with Gasteiger partial charge in [0.25, 0.3) is 0 Å². The maximum Gasteiger partial charge on any atom is 0.303 e. The number of aromatic nitrogens is 2. The zero-order valence-electron chi connectivity index (χ0n) is 18.1. The Bertz CT molecular complexity index is 1030. The highest BCUT2D eigenvalue weighted by atomic mass is 16.4. The minimum atomic E-state index is -0.729. The van der Waals surface area contributed by atoms with E-state index >= 15 is 0 Å². The van der Waals surface area contributed by atoms with Crippen molar-refractivity contribution in [1.82, 2.24) is 9.55 Å². The molecule has 0 spiro atoms. The first kappa shape index (κ1) is 21.6. The molecule has 0 saturated heterocycles. The number of aliphatic carboxylic acids is 1. The molecule has 0 aliphatic carbocycles. The van der Waals surface area contributed by atoms with Gasteiger partial charge in [-0.05, 0) is 36.0 Å². The van der Waals surface area contributed by atoms with Crippen LogP contribution in [0.4, 0.5) is 0 Å². The Morgan fingerprint density at radius 2 is 1.25 bits per heavy atom. The highest BCUT2D eigenvalue weighted by Crippen LogP contribution is 2.40. The summed E-state index contributed by atoms with van der Waals surface area (Å²) < 4.78 is 2.22. The van der Waals surface area contributed by atoms with Gasteiger partial charge in [0.15, 0.2) is 0 Å². The van der Waals surface area contributed by atoms with E-state index in [1.165, 1.54) is 16.7 Å². The number of hydrogen-bond donors (Lipinski definition) is 1. The van der Waals surface area contributed by atoms with E-state index in [9.17, 15) is 4.79 Å². The van der Waals surface area contributed by atoms with Crippen molar-refractivity contribution in [2.24, 2.45) is 0 Å². The third-order valence-corrected chi connectivity index (χ3v) is 5.92. The molecule has 0 unspecified atom stereocenters. The van der Waals surface area contributed by atoms with Gasteiger partial charge in [0.05, 0.1) is 12.0 Å². The molecule has 162 valence electrons. The molecule has 0 aliphatic heterocycles. The van der Waals surface area contributed by atoms with Crippen molar-refractivity contribution in [3.63, 3.8) is 0 Å². The average Bonchev–Trinajstić information content (AvgIpc) is 3.30. The van der Waals surface area contributed by atoms with Gasteiger partial charge in [-0.25, -0.2) is 4.98 Å². The topological polar surface area (TPSA) is 55.1 Å². The van der Waals surface area contributed by atoms with Gasteiger partial charge in [-0.3, -0.25) is 4.79 Å². The summed E-state index contributed by atoms with van der Waals surface area (Å²) >= 11 is 0. The van der Waals surface area contributed by atoms with Crippen LogP contribution in [-0.4, -0.2) is 20.6 Å². The molecule has 0 amide bonds. The van der Waals surface area contributed by atoms with Gasteiger partial charge in [-0.15, -0.1) is 0 Å². The summed E-state index contributed by atoms with van der Waals surface area (Å²) in [5, 5.41) is 8.83. The van der Waals surface area contributed by atoms with Crippen LogP contribution in [0.25, 0.3) is 0 Å². The van der Waals surface area contributed by atoms with E-state index in [4.69, 9.17) is 10.1 Å². The molecule has 0 radical (unpaired) electrons. The van der Waals surface area contributed by atoms with Gasteiger partial charge in [0.2, 0.25) is 0 Å². The Labute approximate surface area is 189 Å². The molecule has 1 heterocycles. The van der Waals surface area contributed by atoms with E-state index < -0.39 is 11.5 Å². The molecular weight excluding hydrogens is 396 g/mol. The summed E-state index contributed by atoms with van der Waals surface area (Å²) in [7, 11) is 0. The van der Waals surface area contributed by atoms with E-state index in [0.29, 0.717) is 6.42 Å². The molecule has 0 bridgehead atoms.